The van der Waals surface area contributed by atoms with E-state index in [1.54, 1.807) is 18.2 Å². The van der Waals surface area contributed by atoms with Crippen molar-refractivity contribution in [1.82, 2.24) is 0 Å². The molecule has 1 N–H and O–H groups in total. The fourth-order valence-electron chi connectivity index (χ4n) is 2.69. The van der Waals surface area contributed by atoms with Crippen LogP contribution in [-0.2, 0) is 0 Å². The maximum Gasteiger partial charge on any atom is 0.311 e. The first-order valence-corrected chi connectivity index (χ1v) is 7.42. The minimum absolute atomic E-state index is 0.151. The van der Waals surface area contributed by atoms with Gasteiger partial charge in [-0.25, -0.2) is 0 Å². The molecule has 3 rings (SSSR count). The van der Waals surface area contributed by atoms with Gasteiger partial charge >= 0.3 is 5.69 Å². The number of rotatable bonds is 2. The van der Waals surface area contributed by atoms with Crippen LogP contribution in [0, 0.1) is 17.0 Å². The highest BCUT2D eigenvalue weighted by atomic mass is 16.6. The molecule has 1 aliphatic rings. The average molecular weight is 325 g/mol. The molecule has 122 valence electrons. The van der Waals surface area contributed by atoms with E-state index >= 15 is 0 Å². The monoisotopic (exact) mass is 325 g/mol. The number of para-hydroxylation sites is 1. The molecule has 1 aliphatic heterocycles. The fraction of sp³-hybridized carbons (Fsp3) is 0.167. The zero-order valence-electron chi connectivity index (χ0n) is 13.0. The molecule has 0 aromatic heterocycles. The van der Waals surface area contributed by atoms with Crippen molar-refractivity contribution in [2.75, 3.05) is 6.61 Å². The van der Waals surface area contributed by atoms with Crippen LogP contribution in [0.1, 0.15) is 27.9 Å². The van der Waals surface area contributed by atoms with Crippen LogP contribution in [0.25, 0.3) is 6.08 Å². The van der Waals surface area contributed by atoms with E-state index in [4.69, 9.17) is 4.74 Å². The second kappa shape index (κ2) is 6.16. The minimum atomic E-state index is -0.659. The number of aryl methyl sites for hydroxylation is 1. The molecule has 0 radical (unpaired) electrons. The summed E-state index contributed by atoms with van der Waals surface area (Å²) in [4.78, 5) is 23.0. The Balaban J connectivity index is 2.03. The van der Waals surface area contributed by atoms with Crippen LogP contribution in [0.5, 0.6) is 11.5 Å². The lowest BCUT2D eigenvalue weighted by atomic mass is 9.97. The minimum Gasteiger partial charge on any atom is -0.502 e. The first-order valence-electron chi connectivity index (χ1n) is 7.42. The van der Waals surface area contributed by atoms with Crippen LogP contribution in [0.3, 0.4) is 0 Å². The van der Waals surface area contributed by atoms with Crippen molar-refractivity contribution in [3.05, 3.63) is 68.8 Å². The Bertz CT molecular complexity index is 870. The van der Waals surface area contributed by atoms with E-state index in [1.165, 1.54) is 18.2 Å². The van der Waals surface area contributed by atoms with Gasteiger partial charge in [0.2, 0.25) is 0 Å². The predicted molar refractivity (Wildman–Crippen MR) is 88.4 cm³/mol. The van der Waals surface area contributed by atoms with E-state index < -0.39 is 16.4 Å². The number of carbonyl (C=O) groups is 1. The van der Waals surface area contributed by atoms with Crippen LogP contribution in [0.15, 0.2) is 42.0 Å². The molecule has 24 heavy (non-hydrogen) atoms. The molecule has 0 bridgehead atoms. The number of hydrogen-bond acceptors (Lipinski definition) is 5. The highest BCUT2D eigenvalue weighted by Crippen LogP contribution is 2.32. The standard InChI is InChI=1S/C18H15NO5/c1-11-3-2-4-14-17(21)13(7-8-24-18(11)14)9-12-5-6-16(20)15(10-12)19(22)23/h2-6,9-10,20H,7-8H2,1H3. The van der Waals surface area contributed by atoms with Crippen molar-refractivity contribution in [2.45, 2.75) is 13.3 Å². The number of nitrogens with zero attached hydrogens (tertiary/aromatic N) is 1. The van der Waals surface area contributed by atoms with Gasteiger partial charge < -0.3 is 9.84 Å². The third-order valence-corrected chi connectivity index (χ3v) is 3.90. The normalized spacial score (nSPS) is 15.5. The third kappa shape index (κ3) is 2.86. The van der Waals surface area contributed by atoms with E-state index in [0.29, 0.717) is 35.5 Å². The maximum atomic E-state index is 12.7. The Morgan fingerprint density at radius 3 is 2.83 bits per heavy atom. The van der Waals surface area contributed by atoms with Gasteiger partial charge in [0.05, 0.1) is 17.1 Å². The van der Waals surface area contributed by atoms with Gasteiger partial charge in [-0.15, -0.1) is 0 Å². The smallest absolute Gasteiger partial charge is 0.311 e. The van der Waals surface area contributed by atoms with Crippen LogP contribution in [0.2, 0.25) is 0 Å². The van der Waals surface area contributed by atoms with Gasteiger partial charge in [0.15, 0.2) is 11.5 Å². The van der Waals surface area contributed by atoms with Gasteiger partial charge in [0.25, 0.3) is 0 Å². The summed E-state index contributed by atoms with van der Waals surface area (Å²) >= 11 is 0. The lowest BCUT2D eigenvalue weighted by molar-refractivity contribution is -0.385. The van der Waals surface area contributed by atoms with Gasteiger partial charge in [0, 0.05) is 18.1 Å². The van der Waals surface area contributed by atoms with Gasteiger partial charge in [-0.2, -0.15) is 0 Å². The summed E-state index contributed by atoms with van der Waals surface area (Å²) in [6.45, 7) is 2.24. The quantitative estimate of drug-likeness (QED) is 0.517. The van der Waals surface area contributed by atoms with Gasteiger partial charge in [0.1, 0.15) is 5.75 Å². The summed E-state index contributed by atoms with van der Waals surface area (Å²) in [6, 6.07) is 9.42. The Hall–Kier alpha value is -3.15. The van der Waals surface area contributed by atoms with Crippen LogP contribution in [-0.4, -0.2) is 22.4 Å². The van der Waals surface area contributed by atoms with Crippen molar-refractivity contribution in [3.8, 4) is 11.5 Å². The Labute approximate surface area is 138 Å². The van der Waals surface area contributed by atoms with Gasteiger partial charge in [-0.05, 0) is 36.3 Å². The highest BCUT2D eigenvalue weighted by Gasteiger charge is 2.22. The van der Waals surface area contributed by atoms with E-state index in [0.717, 1.165) is 5.56 Å². The number of benzene rings is 2. The summed E-state index contributed by atoms with van der Waals surface area (Å²) in [5, 5.41) is 20.4. The molecule has 6 heteroatoms. The molecule has 0 amide bonds. The number of fused-ring (bicyclic) bond motifs is 1. The second-order valence-electron chi connectivity index (χ2n) is 5.55. The summed E-state index contributed by atoms with van der Waals surface area (Å²) in [6.07, 6.45) is 2.01. The van der Waals surface area contributed by atoms with Crippen LogP contribution in [0.4, 0.5) is 5.69 Å². The molecule has 0 aliphatic carbocycles. The number of nitro benzene ring substituents is 1. The Morgan fingerprint density at radius 1 is 1.29 bits per heavy atom. The predicted octanol–water partition coefficient (Wildman–Crippen LogP) is 3.66. The number of phenolic OH excluding ortho intramolecular Hbond substituents is 1. The van der Waals surface area contributed by atoms with E-state index in [-0.39, 0.29) is 5.78 Å². The average Bonchev–Trinajstić information content (AvgIpc) is 2.70. The molecule has 6 nitrogen and oxygen atoms in total. The number of Topliss-reactive ketones (excluding diaryl/α,β-unsaturated/α-hetero) is 1. The summed E-state index contributed by atoms with van der Waals surface area (Å²) in [5.74, 6) is 0.0307. The third-order valence-electron chi connectivity index (χ3n) is 3.90. The van der Waals surface area contributed by atoms with Crippen molar-refractivity contribution < 1.29 is 19.6 Å². The maximum absolute atomic E-state index is 12.7. The Kier molecular flexibility index (Phi) is 4.04. The highest BCUT2D eigenvalue weighted by molar-refractivity contribution is 6.13. The summed E-state index contributed by atoms with van der Waals surface area (Å²) < 4.78 is 5.69. The molecule has 0 saturated heterocycles. The zero-order chi connectivity index (χ0) is 17.3. The second-order valence-corrected chi connectivity index (χ2v) is 5.55. The van der Waals surface area contributed by atoms with Gasteiger partial charge in [-0.1, -0.05) is 18.2 Å². The van der Waals surface area contributed by atoms with Crippen molar-refractivity contribution >= 4 is 17.5 Å². The lowest BCUT2D eigenvalue weighted by Gasteiger charge is -2.08. The summed E-state index contributed by atoms with van der Waals surface area (Å²) in [7, 11) is 0. The number of phenols is 1. The topological polar surface area (TPSA) is 89.7 Å². The number of hydrogen-bond donors (Lipinski definition) is 1. The van der Waals surface area contributed by atoms with Crippen molar-refractivity contribution in [2.24, 2.45) is 0 Å². The molecular weight excluding hydrogens is 310 g/mol. The van der Waals surface area contributed by atoms with E-state index in [1.807, 2.05) is 13.0 Å². The number of carbonyl (C=O) groups excluding carboxylic acids is 1. The molecule has 0 spiro atoms. The fourth-order valence-corrected chi connectivity index (χ4v) is 2.69. The molecule has 2 aromatic carbocycles. The molecule has 0 saturated carbocycles. The van der Waals surface area contributed by atoms with E-state index in [9.17, 15) is 20.0 Å². The molecule has 1 heterocycles. The van der Waals surface area contributed by atoms with Gasteiger partial charge in [-0.3, -0.25) is 14.9 Å². The summed E-state index contributed by atoms with van der Waals surface area (Å²) in [5.41, 5.74) is 1.99. The molecular formula is C18H15NO5. The zero-order valence-corrected chi connectivity index (χ0v) is 13.0. The Morgan fingerprint density at radius 2 is 2.08 bits per heavy atom. The number of aromatic hydroxyl groups is 1. The largest absolute Gasteiger partial charge is 0.502 e. The number of ketones is 1. The molecule has 2 aromatic rings. The molecule has 0 atom stereocenters. The van der Waals surface area contributed by atoms with Crippen LogP contribution < -0.4 is 4.74 Å². The van der Waals surface area contributed by atoms with E-state index in [2.05, 4.69) is 0 Å². The lowest BCUT2D eigenvalue weighted by Crippen LogP contribution is -2.02. The first kappa shape index (κ1) is 15.7. The molecule has 0 fully saturated rings. The van der Waals surface area contributed by atoms with Crippen molar-refractivity contribution in [3.63, 3.8) is 0 Å². The van der Waals surface area contributed by atoms with Crippen LogP contribution >= 0.6 is 0 Å². The SMILES string of the molecule is Cc1cccc2c1OCCC(=Cc1ccc(O)c([N+](=O)[O-])c1)C2=O. The first-order chi connectivity index (χ1) is 11.5. The number of nitro groups is 1. The van der Waals surface area contributed by atoms with Crippen molar-refractivity contribution in [1.29, 1.82) is 0 Å². The number of ether oxygens (including phenoxy) is 1. The molecule has 0 unspecified atom stereocenters.